The zero-order chi connectivity index (χ0) is 29.9. The average Bonchev–Trinajstić information content (AvgIpc) is 3.22. The van der Waals surface area contributed by atoms with Crippen LogP contribution in [0.1, 0.15) is 62.5 Å². The van der Waals surface area contributed by atoms with Gasteiger partial charge in [0.25, 0.3) is 0 Å². The third-order valence-electron chi connectivity index (χ3n) is 8.14. The molecule has 0 unspecified atom stereocenters. The van der Waals surface area contributed by atoms with Gasteiger partial charge < -0.3 is 30.3 Å². The van der Waals surface area contributed by atoms with Crippen LogP contribution >= 0.6 is 11.6 Å². The Hall–Kier alpha value is -3.30. The maximum atomic E-state index is 13.5. The van der Waals surface area contributed by atoms with Crippen molar-refractivity contribution in [2.75, 3.05) is 26.8 Å². The highest BCUT2D eigenvalue weighted by atomic mass is 35.5. The van der Waals surface area contributed by atoms with E-state index in [9.17, 15) is 19.5 Å². The fourth-order valence-electron chi connectivity index (χ4n) is 5.73. The van der Waals surface area contributed by atoms with Gasteiger partial charge in [-0.25, -0.2) is 4.79 Å². The minimum atomic E-state index is -0.744. The molecular weight excluding hydrogens is 556 g/mol. The molecule has 0 radical (unpaired) electrons. The van der Waals surface area contributed by atoms with Crippen molar-refractivity contribution in [3.05, 3.63) is 64.7 Å². The summed E-state index contributed by atoms with van der Waals surface area (Å²) in [4.78, 5) is 43.0. The predicted octanol–water partition coefficient (Wildman–Crippen LogP) is 4.50. The fourth-order valence-corrected chi connectivity index (χ4v) is 5.95. The number of rotatable bonds is 11. The maximum absolute atomic E-state index is 13.5. The van der Waals surface area contributed by atoms with E-state index in [1.54, 1.807) is 18.0 Å². The lowest BCUT2D eigenvalue weighted by atomic mass is 9.84. The van der Waals surface area contributed by atoms with Gasteiger partial charge in [0.2, 0.25) is 11.8 Å². The Labute approximate surface area is 253 Å². The Morgan fingerprint density at radius 2 is 1.88 bits per heavy atom. The van der Waals surface area contributed by atoms with E-state index in [1.807, 2.05) is 42.5 Å². The number of aliphatic hydroxyl groups is 1. The Morgan fingerprint density at radius 3 is 2.64 bits per heavy atom. The van der Waals surface area contributed by atoms with Gasteiger partial charge in [-0.15, -0.1) is 0 Å². The van der Waals surface area contributed by atoms with E-state index in [4.69, 9.17) is 16.3 Å². The number of aliphatic hydroxyl groups excluding tert-OH is 1. The van der Waals surface area contributed by atoms with Crippen LogP contribution in [0.4, 0.5) is 4.79 Å². The van der Waals surface area contributed by atoms with E-state index in [1.165, 1.54) is 11.3 Å². The molecule has 0 spiro atoms. The van der Waals surface area contributed by atoms with Gasteiger partial charge in [-0.2, -0.15) is 0 Å². The number of carbonyl (C=O) groups excluding carboxylic acids is 3. The zero-order valence-corrected chi connectivity index (χ0v) is 25.2. The largest absolute Gasteiger partial charge is 0.491 e. The van der Waals surface area contributed by atoms with Crippen LogP contribution in [-0.4, -0.2) is 71.6 Å². The number of carbonyl (C=O) groups is 3. The molecule has 10 heteroatoms. The van der Waals surface area contributed by atoms with Gasteiger partial charge in [0.05, 0.1) is 19.2 Å². The first kappa shape index (κ1) is 31.6. The molecule has 1 fully saturated rings. The number of nitrogens with zero attached hydrogens (tertiary/aromatic N) is 2. The number of hydrogen-bond acceptors (Lipinski definition) is 5. The monoisotopic (exact) mass is 598 g/mol. The molecular formula is C32H43ClN4O5. The molecule has 4 amide bonds. The van der Waals surface area contributed by atoms with Gasteiger partial charge in [0.1, 0.15) is 18.4 Å². The van der Waals surface area contributed by atoms with Crippen molar-refractivity contribution in [1.29, 1.82) is 0 Å². The van der Waals surface area contributed by atoms with E-state index in [-0.39, 0.29) is 30.9 Å². The van der Waals surface area contributed by atoms with Gasteiger partial charge in [-0.1, -0.05) is 74.0 Å². The first-order chi connectivity index (χ1) is 20.3. The lowest BCUT2D eigenvalue weighted by Crippen LogP contribution is -2.53. The molecule has 2 atom stereocenters. The zero-order valence-electron chi connectivity index (χ0n) is 24.4. The minimum Gasteiger partial charge on any atom is -0.491 e. The van der Waals surface area contributed by atoms with Crippen molar-refractivity contribution in [1.82, 2.24) is 20.4 Å². The number of urea groups is 1. The Morgan fingerprint density at radius 1 is 1.10 bits per heavy atom. The number of hydrogen-bond donors (Lipinski definition) is 3. The van der Waals surface area contributed by atoms with Crippen molar-refractivity contribution in [2.45, 2.75) is 76.5 Å². The third-order valence-corrected chi connectivity index (χ3v) is 8.38. The van der Waals surface area contributed by atoms with Crippen LogP contribution in [0.3, 0.4) is 0 Å². The van der Waals surface area contributed by atoms with E-state index in [2.05, 4.69) is 10.6 Å². The molecule has 0 bridgehead atoms. The summed E-state index contributed by atoms with van der Waals surface area (Å²) in [5, 5.41) is 16.5. The number of ether oxygens (including phenoxy) is 1. The van der Waals surface area contributed by atoms with Crippen LogP contribution in [0.2, 0.25) is 5.02 Å². The van der Waals surface area contributed by atoms with Crippen molar-refractivity contribution < 1.29 is 24.2 Å². The summed E-state index contributed by atoms with van der Waals surface area (Å²) in [5.74, 6) is 0.735. The van der Waals surface area contributed by atoms with Crippen LogP contribution in [0.15, 0.2) is 48.5 Å². The average molecular weight is 599 g/mol. The fraction of sp³-hybridized carbons (Fsp3) is 0.531. The van der Waals surface area contributed by atoms with E-state index in [0.717, 1.165) is 42.6 Å². The maximum Gasteiger partial charge on any atom is 0.318 e. The molecule has 1 aliphatic carbocycles. The summed E-state index contributed by atoms with van der Waals surface area (Å²) in [6.45, 7) is 1.39. The molecule has 228 valence electrons. The molecule has 3 N–H and O–H groups in total. The van der Waals surface area contributed by atoms with Crippen molar-refractivity contribution in [3.63, 3.8) is 0 Å². The first-order valence-electron chi connectivity index (χ1n) is 15.0. The van der Waals surface area contributed by atoms with Crippen LogP contribution in [0.25, 0.3) is 0 Å². The van der Waals surface area contributed by atoms with Gasteiger partial charge in [0, 0.05) is 37.1 Å². The quantitative estimate of drug-likeness (QED) is 0.353. The molecule has 0 saturated heterocycles. The molecule has 9 nitrogen and oxygen atoms in total. The molecule has 2 aromatic carbocycles. The predicted molar refractivity (Wildman–Crippen MR) is 162 cm³/mol. The molecule has 2 aromatic rings. The van der Waals surface area contributed by atoms with Gasteiger partial charge >= 0.3 is 6.03 Å². The number of benzene rings is 2. The third kappa shape index (κ3) is 9.36. The van der Waals surface area contributed by atoms with Crippen molar-refractivity contribution in [2.24, 2.45) is 5.92 Å². The topological polar surface area (TPSA) is 111 Å². The lowest BCUT2D eigenvalue weighted by Gasteiger charge is -2.29. The molecule has 1 saturated carbocycles. The Bertz CT molecular complexity index is 1200. The number of para-hydroxylation sites is 1. The second-order valence-corrected chi connectivity index (χ2v) is 11.9. The second kappa shape index (κ2) is 15.8. The van der Waals surface area contributed by atoms with Crippen LogP contribution in [0.5, 0.6) is 5.75 Å². The summed E-state index contributed by atoms with van der Waals surface area (Å²) >= 11 is 6.10. The van der Waals surface area contributed by atoms with Crippen LogP contribution in [-0.2, 0) is 22.7 Å². The standard InChI is InChI=1S/C32H43ClN4O5/c1-36(20-24-10-7-12-26(33)18-24)32(41)35-28(19-23-8-3-2-4-9-23)31(40)34-27(22-38)14-15-30(39)37-16-17-42-29-13-6-5-11-25(29)21-37/h5-7,10-13,18,23,27-28,38H,2-4,8-9,14-17,19-22H2,1H3,(H,34,40)(H,35,41)/t27-,28-/m0/s1. The molecule has 4 rings (SSSR count). The number of nitrogens with one attached hydrogen (secondary N) is 2. The lowest BCUT2D eigenvalue weighted by molar-refractivity contribution is -0.132. The molecule has 0 aromatic heterocycles. The summed E-state index contributed by atoms with van der Waals surface area (Å²) in [7, 11) is 1.68. The Balaban J connectivity index is 1.34. The normalized spacial score (nSPS) is 16.8. The molecule has 1 heterocycles. The van der Waals surface area contributed by atoms with Gasteiger partial charge in [-0.3, -0.25) is 9.59 Å². The molecule has 1 aliphatic heterocycles. The highest BCUT2D eigenvalue weighted by molar-refractivity contribution is 6.30. The summed E-state index contributed by atoms with van der Waals surface area (Å²) < 4.78 is 5.77. The van der Waals surface area contributed by atoms with Crippen LogP contribution < -0.4 is 15.4 Å². The minimum absolute atomic E-state index is 0.0577. The summed E-state index contributed by atoms with van der Waals surface area (Å²) in [6.07, 6.45) is 6.49. The highest BCUT2D eigenvalue weighted by Gasteiger charge is 2.29. The number of amides is 4. The number of halogens is 1. The van der Waals surface area contributed by atoms with Crippen molar-refractivity contribution >= 4 is 29.4 Å². The number of fused-ring (bicyclic) bond motifs is 1. The van der Waals surface area contributed by atoms with Crippen LogP contribution in [0, 0.1) is 5.92 Å². The van der Waals surface area contributed by atoms with Crippen molar-refractivity contribution in [3.8, 4) is 5.75 Å². The smallest absolute Gasteiger partial charge is 0.318 e. The second-order valence-electron chi connectivity index (χ2n) is 11.4. The summed E-state index contributed by atoms with van der Waals surface area (Å²) in [6, 6.07) is 13.3. The highest BCUT2D eigenvalue weighted by Crippen LogP contribution is 2.28. The van der Waals surface area contributed by atoms with E-state index in [0.29, 0.717) is 50.0 Å². The SMILES string of the molecule is CN(Cc1cccc(Cl)c1)C(=O)N[C@@H](CC1CCCCC1)C(=O)N[C@H](CO)CCC(=O)N1CCOc2ccccc2C1. The summed E-state index contributed by atoms with van der Waals surface area (Å²) in [5.41, 5.74) is 1.84. The van der Waals surface area contributed by atoms with E-state index < -0.39 is 12.1 Å². The van der Waals surface area contributed by atoms with Gasteiger partial charge in [-0.05, 0) is 42.5 Å². The van der Waals surface area contributed by atoms with E-state index >= 15 is 0 Å². The Kier molecular flexibility index (Phi) is 11.9. The van der Waals surface area contributed by atoms with Gasteiger partial charge in [0.15, 0.2) is 0 Å². The molecule has 2 aliphatic rings. The first-order valence-corrected chi connectivity index (χ1v) is 15.4. The molecule has 42 heavy (non-hydrogen) atoms.